The van der Waals surface area contributed by atoms with Crippen LogP contribution in [0.1, 0.15) is 50.0 Å². The van der Waals surface area contributed by atoms with Crippen LogP contribution in [-0.2, 0) is 0 Å². The molecule has 3 saturated heterocycles. The molecule has 42 heavy (non-hydrogen) atoms. The number of piperazine rings is 1. The van der Waals surface area contributed by atoms with E-state index >= 15 is 4.39 Å². The van der Waals surface area contributed by atoms with Gasteiger partial charge in [-0.3, -0.25) is 4.98 Å². The molecule has 8 nitrogen and oxygen atoms in total. The summed E-state index contributed by atoms with van der Waals surface area (Å²) in [5.41, 5.74) is 1.84. The maximum absolute atomic E-state index is 16.6. The molecule has 5 heterocycles. The van der Waals surface area contributed by atoms with Gasteiger partial charge in [-0.25, -0.2) is 4.39 Å². The normalized spacial score (nSPS) is 25.2. The summed E-state index contributed by atoms with van der Waals surface area (Å²) in [6.45, 7) is 5.41. The lowest BCUT2D eigenvalue weighted by molar-refractivity contribution is 0.161. The van der Waals surface area contributed by atoms with E-state index in [0.29, 0.717) is 40.5 Å². The first-order valence-corrected chi connectivity index (χ1v) is 16.8. The van der Waals surface area contributed by atoms with Crippen LogP contribution >= 0.6 is 23.4 Å². The van der Waals surface area contributed by atoms with Crippen molar-refractivity contribution in [3.05, 3.63) is 34.7 Å². The van der Waals surface area contributed by atoms with E-state index in [-0.39, 0.29) is 34.3 Å². The number of benzene rings is 1. The Balaban J connectivity index is 1.17. The van der Waals surface area contributed by atoms with E-state index in [1.165, 1.54) is 17.6 Å². The minimum absolute atomic E-state index is 0.00795. The number of hydrogen-bond acceptors (Lipinski definition) is 9. The number of aromatic hydroxyl groups is 1. The molecule has 2 N–H and O–H groups in total. The summed E-state index contributed by atoms with van der Waals surface area (Å²) in [6.07, 6.45) is 8.17. The lowest BCUT2D eigenvalue weighted by Gasteiger charge is -2.34. The van der Waals surface area contributed by atoms with Crippen molar-refractivity contribution in [1.29, 1.82) is 0 Å². The Morgan fingerprint density at radius 1 is 1.10 bits per heavy atom. The molecule has 0 amide bonds. The molecule has 3 aliphatic heterocycles. The molecule has 2 bridgehead atoms. The molecule has 222 valence electrons. The zero-order valence-electron chi connectivity index (χ0n) is 23.6. The van der Waals surface area contributed by atoms with E-state index in [4.69, 9.17) is 21.3 Å². The predicted octanol–water partition coefficient (Wildman–Crippen LogP) is 5.22. The molecule has 5 aliphatic rings. The SMILES string of the molecule is Oc1cc(Cl)c(C2CC2)c(-c2ncc3c(N4C[C@H]5CC[C@@H](C4)N5)nc(OCC4(CN5CCSCC5)CC4)nc3c2F)c1. The monoisotopic (exact) mass is 610 g/mol. The third kappa shape index (κ3) is 5.18. The second-order valence-corrected chi connectivity index (χ2v) is 14.5. The lowest BCUT2D eigenvalue weighted by Crippen LogP contribution is -2.51. The standard InChI is InChI=1S/C31H36ClFN6O2S/c32-24-12-21(40)11-22(25(24)18-1-2-18)27-26(33)28-23(13-34-27)29(39-14-19-3-4-20(15-39)35-19)37-30(36-28)41-17-31(5-6-31)16-38-7-9-42-10-8-38/h11-13,18-20,35,40H,1-10,14-17H2/t19-,20+. The van der Waals surface area contributed by atoms with E-state index in [1.54, 1.807) is 12.3 Å². The minimum Gasteiger partial charge on any atom is -0.508 e. The minimum atomic E-state index is -0.533. The zero-order valence-corrected chi connectivity index (χ0v) is 25.2. The van der Waals surface area contributed by atoms with Gasteiger partial charge in [0, 0.05) is 78.5 Å². The van der Waals surface area contributed by atoms with Crippen LogP contribution in [0.15, 0.2) is 18.3 Å². The molecule has 8 rings (SSSR count). The summed E-state index contributed by atoms with van der Waals surface area (Å²) in [5, 5.41) is 15.1. The van der Waals surface area contributed by atoms with Crippen molar-refractivity contribution >= 4 is 40.1 Å². The number of rotatable bonds is 8. The van der Waals surface area contributed by atoms with Crippen molar-refractivity contribution in [1.82, 2.24) is 25.2 Å². The number of halogens is 2. The van der Waals surface area contributed by atoms with E-state index in [2.05, 4.69) is 25.1 Å². The van der Waals surface area contributed by atoms with E-state index < -0.39 is 5.82 Å². The van der Waals surface area contributed by atoms with Gasteiger partial charge in [-0.15, -0.1) is 0 Å². The second kappa shape index (κ2) is 10.6. The molecule has 0 radical (unpaired) electrons. The molecule has 2 aliphatic carbocycles. The van der Waals surface area contributed by atoms with Crippen molar-refractivity contribution in [2.75, 3.05) is 55.7 Å². The summed E-state index contributed by atoms with van der Waals surface area (Å²) in [6, 6.07) is 4.10. The highest BCUT2D eigenvalue weighted by molar-refractivity contribution is 7.99. The number of pyridine rings is 1. The molecule has 0 spiro atoms. The predicted molar refractivity (Wildman–Crippen MR) is 164 cm³/mol. The van der Waals surface area contributed by atoms with Gasteiger partial charge in [0.25, 0.3) is 0 Å². The van der Waals surface area contributed by atoms with Crippen LogP contribution in [0.3, 0.4) is 0 Å². The van der Waals surface area contributed by atoms with Crippen LogP contribution in [-0.4, -0.2) is 87.9 Å². The van der Waals surface area contributed by atoms with Crippen LogP contribution in [0.4, 0.5) is 10.2 Å². The molecule has 3 aromatic rings. The topological polar surface area (TPSA) is 86.6 Å². The number of fused-ring (bicyclic) bond motifs is 3. The average molecular weight is 611 g/mol. The van der Waals surface area contributed by atoms with E-state index in [0.717, 1.165) is 76.8 Å². The van der Waals surface area contributed by atoms with Crippen LogP contribution in [0.5, 0.6) is 11.8 Å². The second-order valence-electron chi connectivity index (χ2n) is 12.9. The number of thioether (sulfide) groups is 1. The van der Waals surface area contributed by atoms with Crippen molar-refractivity contribution in [3.8, 4) is 23.0 Å². The summed E-state index contributed by atoms with van der Waals surface area (Å²) in [5.74, 6) is 2.75. The molecule has 5 fully saturated rings. The molecular weight excluding hydrogens is 575 g/mol. The average Bonchev–Trinajstić information content (AvgIpc) is 3.92. The molecule has 2 saturated carbocycles. The third-order valence-corrected chi connectivity index (χ3v) is 10.9. The molecule has 2 aromatic heterocycles. The van der Waals surface area contributed by atoms with Gasteiger partial charge in [-0.05, 0) is 62.1 Å². The van der Waals surface area contributed by atoms with Crippen molar-refractivity contribution < 1.29 is 14.2 Å². The quantitative estimate of drug-likeness (QED) is 0.357. The Hall–Kier alpha value is -2.40. The Morgan fingerprint density at radius 2 is 1.86 bits per heavy atom. The first kappa shape index (κ1) is 27.2. The van der Waals surface area contributed by atoms with Crippen LogP contribution < -0.4 is 15.0 Å². The van der Waals surface area contributed by atoms with E-state index in [9.17, 15) is 5.11 Å². The van der Waals surface area contributed by atoms with Gasteiger partial charge in [0.15, 0.2) is 5.82 Å². The fourth-order valence-corrected chi connectivity index (χ4v) is 8.39. The first-order chi connectivity index (χ1) is 20.4. The number of aromatic nitrogens is 3. The van der Waals surface area contributed by atoms with Crippen LogP contribution in [0.2, 0.25) is 5.02 Å². The number of nitrogens with one attached hydrogen (secondary N) is 1. The lowest BCUT2D eigenvalue weighted by atomic mass is 9.98. The van der Waals surface area contributed by atoms with Crippen molar-refractivity contribution in [2.24, 2.45) is 5.41 Å². The summed E-state index contributed by atoms with van der Waals surface area (Å²) in [7, 11) is 0. The highest BCUT2D eigenvalue weighted by atomic mass is 35.5. The molecular formula is C31H36ClFN6O2S. The van der Waals surface area contributed by atoms with Crippen molar-refractivity contribution in [3.63, 3.8) is 0 Å². The molecule has 1 aromatic carbocycles. The maximum atomic E-state index is 16.6. The fourth-order valence-electron chi connectivity index (χ4n) is 7.05. The first-order valence-electron chi connectivity index (χ1n) is 15.3. The largest absolute Gasteiger partial charge is 0.508 e. The van der Waals surface area contributed by atoms with Gasteiger partial charge in [0.05, 0.1) is 12.0 Å². The highest BCUT2D eigenvalue weighted by Gasteiger charge is 2.45. The molecule has 2 atom stereocenters. The number of ether oxygens (including phenoxy) is 1. The summed E-state index contributed by atoms with van der Waals surface area (Å²) < 4.78 is 22.9. The van der Waals surface area contributed by atoms with Gasteiger partial charge in [-0.2, -0.15) is 21.7 Å². The van der Waals surface area contributed by atoms with Gasteiger partial charge in [0.1, 0.15) is 22.8 Å². The molecule has 0 unspecified atom stereocenters. The maximum Gasteiger partial charge on any atom is 0.319 e. The number of hydrogen-bond donors (Lipinski definition) is 2. The summed E-state index contributed by atoms with van der Waals surface area (Å²) >= 11 is 8.58. The Labute approximate surface area is 254 Å². The van der Waals surface area contributed by atoms with Crippen molar-refractivity contribution in [2.45, 2.75) is 56.5 Å². The Morgan fingerprint density at radius 3 is 2.57 bits per heavy atom. The van der Waals surface area contributed by atoms with Gasteiger partial charge in [0.2, 0.25) is 0 Å². The number of anilines is 1. The smallest absolute Gasteiger partial charge is 0.319 e. The number of phenols is 1. The molecule has 11 heteroatoms. The number of phenolic OH excluding ortho intramolecular Hbond substituents is 1. The Bertz CT molecular complexity index is 1520. The van der Waals surface area contributed by atoms with Crippen LogP contribution in [0.25, 0.3) is 22.2 Å². The highest BCUT2D eigenvalue weighted by Crippen LogP contribution is 2.50. The van der Waals surface area contributed by atoms with Crippen LogP contribution in [0, 0.1) is 11.2 Å². The number of nitrogens with zero attached hydrogens (tertiary/aromatic N) is 5. The van der Waals surface area contributed by atoms with Gasteiger partial charge in [-0.1, -0.05) is 11.6 Å². The summed E-state index contributed by atoms with van der Waals surface area (Å²) in [4.78, 5) is 19.0. The van der Waals surface area contributed by atoms with Gasteiger partial charge < -0.3 is 25.0 Å². The van der Waals surface area contributed by atoms with Gasteiger partial charge >= 0.3 is 6.01 Å². The third-order valence-electron chi connectivity index (χ3n) is 9.64. The zero-order chi connectivity index (χ0) is 28.4. The fraction of sp³-hybridized carbons (Fsp3) is 0.581. The Kier molecular flexibility index (Phi) is 6.89. The van der Waals surface area contributed by atoms with E-state index in [1.807, 2.05) is 11.8 Å².